The van der Waals surface area contributed by atoms with E-state index in [0.717, 1.165) is 0 Å². The van der Waals surface area contributed by atoms with Gasteiger partial charge in [-0.15, -0.1) is 0 Å². The molecule has 0 saturated carbocycles. The highest BCUT2D eigenvalue weighted by atomic mass is 32.2. The monoisotopic (exact) mass is 257 g/mol. The van der Waals surface area contributed by atoms with Crippen molar-refractivity contribution in [3.05, 3.63) is 35.6 Å². The maximum atomic E-state index is 13.7. The quantitative estimate of drug-likeness (QED) is 0.893. The second-order valence-electron chi connectivity index (χ2n) is 4.45. The predicted octanol–water partition coefficient (Wildman–Crippen LogP) is 1.52. The molecule has 0 radical (unpaired) electrons. The van der Waals surface area contributed by atoms with E-state index in [1.165, 1.54) is 6.07 Å². The van der Waals surface area contributed by atoms with Gasteiger partial charge in [-0.2, -0.15) is 0 Å². The Balaban J connectivity index is 2.26. The Bertz CT molecular complexity index is 501. The van der Waals surface area contributed by atoms with E-state index in [0.29, 0.717) is 12.0 Å². The maximum absolute atomic E-state index is 13.7. The minimum atomic E-state index is -2.93. The van der Waals surface area contributed by atoms with Crippen molar-refractivity contribution < 1.29 is 12.8 Å². The summed E-state index contributed by atoms with van der Waals surface area (Å²) < 4.78 is 36.6. The van der Waals surface area contributed by atoms with Crippen molar-refractivity contribution in [3.8, 4) is 0 Å². The summed E-state index contributed by atoms with van der Waals surface area (Å²) in [6, 6.07) is 6.29. The van der Waals surface area contributed by atoms with Crippen LogP contribution in [0.5, 0.6) is 0 Å². The average Bonchev–Trinajstić information content (AvgIpc) is 2.63. The van der Waals surface area contributed by atoms with Gasteiger partial charge in [0.05, 0.1) is 11.5 Å². The van der Waals surface area contributed by atoms with Gasteiger partial charge in [0, 0.05) is 11.6 Å². The molecule has 0 amide bonds. The van der Waals surface area contributed by atoms with Crippen LogP contribution < -0.4 is 5.32 Å². The molecule has 2 atom stereocenters. The molecule has 1 fully saturated rings. The van der Waals surface area contributed by atoms with Crippen LogP contribution in [0.4, 0.5) is 4.39 Å². The number of hydrogen-bond acceptors (Lipinski definition) is 3. The van der Waals surface area contributed by atoms with E-state index in [9.17, 15) is 12.8 Å². The minimum Gasteiger partial charge on any atom is -0.313 e. The highest BCUT2D eigenvalue weighted by molar-refractivity contribution is 7.91. The normalized spacial score (nSPS) is 24.7. The molecule has 0 aliphatic carbocycles. The Hall–Kier alpha value is -0.940. The smallest absolute Gasteiger partial charge is 0.150 e. The summed E-state index contributed by atoms with van der Waals surface area (Å²) >= 11 is 0. The van der Waals surface area contributed by atoms with Crippen LogP contribution in [0.2, 0.25) is 0 Å². The van der Waals surface area contributed by atoms with E-state index >= 15 is 0 Å². The molecule has 1 aliphatic heterocycles. The molecule has 2 rings (SSSR count). The van der Waals surface area contributed by atoms with E-state index in [2.05, 4.69) is 5.32 Å². The summed E-state index contributed by atoms with van der Waals surface area (Å²) in [4.78, 5) is 0. The molecule has 0 bridgehead atoms. The zero-order valence-electron chi connectivity index (χ0n) is 9.69. The van der Waals surface area contributed by atoms with Crippen molar-refractivity contribution in [2.75, 3.05) is 18.6 Å². The van der Waals surface area contributed by atoms with Crippen LogP contribution in [0.1, 0.15) is 18.0 Å². The molecule has 2 unspecified atom stereocenters. The first-order valence-corrected chi connectivity index (χ1v) is 7.48. The van der Waals surface area contributed by atoms with Gasteiger partial charge in [0.25, 0.3) is 0 Å². The van der Waals surface area contributed by atoms with Crippen LogP contribution in [0.15, 0.2) is 24.3 Å². The second-order valence-corrected chi connectivity index (χ2v) is 6.68. The SMILES string of the molecule is CNC(c1ccccc1F)C1CCS(=O)(=O)C1. The molecule has 0 spiro atoms. The molecule has 1 aromatic rings. The molecule has 1 saturated heterocycles. The molecule has 1 aliphatic rings. The fraction of sp³-hybridized carbons (Fsp3) is 0.500. The molecule has 3 nitrogen and oxygen atoms in total. The first-order chi connectivity index (χ1) is 8.03. The number of sulfone groups is 1. The molecule has 0 aromatic heterocycles. The summed E-state index contributed by atoms with van der Waals surface area (Å²) in [5.74, 6) is 0.0370. The summed E-state index contributed by atoms with van der Waals surface area (Å²) in [6.07, 6.45) is 0.599. The van der Waals surface area contributed by atoms with Crippen molar-refractivity contribution in [2.45, 2.75) is 12.5 Å². The van der Waals surface area contributed by atoms with Crippen molar-refractivity contribution in [2.24, 2.45) is 5.92 Å². The number of hydrogen-bond donors (Lipinski definition) is 1. The van der Waals surface area contributed by atoms with Gasteiger partial charge in [-0.25, -0.2) is 12.8 Å². The predicted molar refractivity (Wildman–Crippen MR) is 65.0 cm³/mol. The lowest BCUT2D eigenvalue weighted by Gasteiger charge is -2.22. The van der Waals surface area contributed by atoms with Gasteiger partial charge >= 0.3 is 0 Å². The van der Waals surface area contributed by atoms with Crippen LogP contribution in [0, 0.1) is 11.7 Å². The number of nitrogens with one attached hydrogen (secondary N) is 1. The molecule has 17 heavy (non-hydrogen) atoms. The second kappa shape index (κ2) is 4.74. The Morgan fingerprint density at radius 2 is 2.12 bits per heavy atom. The Kier molecular flexibility index (Phi) is 3.49. The molecule has 1 heterocycles. The van der Waals surface area contributed by atoms with E-state index < -0.39 is 9.84 Å². The van der Waals surface area contributed by atoms with Gasteiger partial charge in [0.15, 0.2) is 9.84 Å². The van der Waals surface area contributed by atoms with Gasteiger partial charge in [-0.1, -0.05) is 18.2 Å². The Morgan fingerprint density at radius 3 is 2.65 bits per heavy atom. The lowest BCUT2D eigenvalue weighted by atomic mass is 9.92. The van der Waals surface area contributed by atoms with Gasteiger partial charge in [0.2, 0.25) is 0 Å². The Morgan fingerprint density at radius 1 is 1.41 bits per heavy atom. The van der Waals surface area contributed by atoms with Crippen molar-refractivity contribution >= 4 is 9.84 Å². The van der Waals surface area contributed by atoms with Gasteiger partial charge < -0.3 is 5.32 Å². The van der Waals surface area contributed by atoms with E-state index in [1.807, 2.05) is 0 Å². The van der Waals surface area contributed by atoms with E-state index in [1.54, 1.807) is 25.2 Å². The number of rotatable bonds is 3. The molecule has 1 aromatic carbocycles. The zero-order valence-corrected chi connectivity index (χ0v) is 10.5. The van der Waals surface area contributed by atoms with Crippen LogP contribution >= 0.6 is 0 Å². The van der Waals surface area contributed by atoms with Crippen LogP contribution in [-0.4, -0.2) is 27.0 Å². The summed E-state index contributed by atoms with van der Waals surface area (Å²) in [5.41, 5.74) is 0.553. The first kappa shape index (κ1) is 12.5. The van der Waals surface area contributed by atoms with Crippen molar-refractivity contribution in [3.63, 3.8) is 0 Å². The average molecular weight is 257 g/mol. The Labute approximate surface area is 101 Å². The van der Waals surface area contributed by atoms with Gasteiger partial charge in [-0.3, -0.25) is 0 Å². The molecule has 1 N–H and O–H groups in total. The van der Waals surface area contributed by atoms with Crippen LogP contribution in [-0.2, 0) is 9.84 Å². The molecular formula is C12H16FNO2S. The standard InChI is InChI=1S/C12H16FNO2S/c1-14-12(9-6-7-17(15,16)8-9)10-4-2-3-5-11(10)13/h2-5,9,12,14H,6-8H2,1H3. The third-order valence-electron chi connectivity index (χ3n) is 3.29. The van der Waals surface area contributed by atoms with Crippen LogP contribution in [0.25, 0.3) is 0 Å². The lowest BCUT2D eigenvalue weighted by molar-refractivity contribution is 0.403. The van der Waals surface area contributed by atoms with Crippen LogP contribution in [0.3, 0.4) is 0 Å². The molecule has 94 valence electrons. The number of halogens is 1. The number of benzene rings is 1. The highest BCUT2D eigenvalue weighted by Crippen LogP contribution is 2.32. The summed E-state index contributed by atoms with van der Waals surface area (Å²) in [5, 5.41) is 3.03. The summed E-state index contributed by atoms with van der Waals surface area (Å²) in [6.45, 7) is 0. The zero-order chi connectivity index (χ0) is 12.5. The maximum Gasteiger partial charge on any atom is 0.150 e. The summed E-state index contributed by atoms with van der Waals surface area (Å²) in [7, 11) is -1.20. The highest BCUT2D eigenvalue weighted by Gasteiger charge is 2.34. The van der Waals surface area contributed by atoms with Crippen molar-refractivity contribution in [1.29, 1.82) is 0 Å². The molecule has 5 heteroatoms. The molecular weight excluding hydrogens is 241 g/mol. The van der Waals surface area contributed by atoms with E-state index in [4.69, 9.17) is 0 Å². The third-order valence-corrected chi connectivity index (χ3v) is 5.08. The van der Waals surface area contributed by atoms with Gasteiger partial charge in [0.1, 0.15) is 5.82 Å². The third kappa shape index (κ3) is 2.66. The lowest BCUT2D eigenvalue weighted by Crippen LogP contribution is -2.27. The first-order valence-electron chi connectivity index (χ1n) is 5.65. The van der Waals surface area contributed by atoms with Crippen molar-refractivity contribution in [1.82, 2.24) is 5.32 Å². The van der Waals surface area contributed by atoms with E-state index in [-0.39, 0.29) is 29.3 Å². The topological polar surface area (TPSA) is 46.2 Å². The fourth-order valence-electron chi connectivity index (χ4n) is 2.46. The van der Waals surface area contributed by atoms with Gasteiger partial charge in [-0.05, 0) is 25.5 Å². The minimum absolute atomic E-state index is 0.0399. The largest absolute Gasteiger partial charge is 0.313 e. The fourth-order valence-corrected chi connectivity index (χ4v) is 4.30.